The van der Waals surface area contributed by atoms with Crippen molar-refractivity contribution < 1.29 is 9.90 Å². The van der Waals surface area contributed by atoms with E-state index < -0.39 is 6.04 Å². The first-order chi connectivity index (χ1) is 10.2. The number of aliphatic hydroxyl groups is 1. The molecule has 2 aromatic rings. The van der Waals surface area contributed by atoms with Crippen LogP contribution in [0, 0.1) is 0 Å². The second-order valence-corrected chi connectivity index (χ2v) is 6.30. The van der Waals surface area contributed by atoms with E-state index in [1.54, 1.807) is 0 Å². The van der Waals surface area contributed by atoms with Crippen LogP contribution < -0.4 is 10.6 Å². The molecule has 21 heavy (non-hydrogen) atoms. The highest BCUT2D eigenvalue weighted by Crippen LogP contribution is 2.21. The molecule has 1 atom stereocenters. The first-order valence-corrected chi connectivity index (χ1v) is 7.83. The Morgan fingerprint density at radius 1 is 1.24 bits per heavy atom. The summed E-state index contributed by atoms with van der Waals surface area (Å²) in [7, 11) is 0. The normalized spacial score (nSPS) is 11.9. The standard InChI is InChI=1S/C15H17ClN2O2S/c16-14-7-6-12(21-14)8-9-17-15(20)18-13(10-19)11-4-2-1-3-5-11/h1-7,13,19H,8-10H2,(H2,17,18,20). The molecule has 0 saturated heterocycles. The van der Waals surface area contributed by atoms with Crippen LogP contribution in [0.5, 0.6) is 0 Å². The summed E-state index contributed by atoms with van der Waals surface area (Å²) in [5, 5.41) is 14.9. The Morgan fingerprint density at radius 3 is 2.62 bits per heavy atom. The third-order valence-electron chi connectivity index (χ3n) is 2.98. The number of carbonyl (C=O) groups excluding carboxylic acids is 1. The summed E-state index contributed by atoms with van der Waals surface area (Å²) in [6.45, 7) is 0.383. The van der Waals surface area contributed by atoms with Gasteiger partial charge in [0.25, 0.3) is 0 Å². The molecule has 2 amide bonds. The van der Waals surface area contributed by atoms with Gasteiger partial charge in [-0.1, -0.05) is 41.9 Å². The van der Waals surface area contributed by atoms with Gasteiger partial charge in [-0.05, 0) is 24.1 Å². The summed E-state index contributed by atoms with van der Waals surface area (Å²) >= 11 is 7.36. The van der Waals surface area contributed by atoms with Gasteiger partial charge < -0.3 is 15.7 Å². The fraction of sp³-hybridized carbons (Fsp3) is 0.267. The molecule has 0 aliphatic carbocycles. The number of carbonyl (C=O) groups is 1. The number of nitrogens with one attached hydrogen (secondary N) is 2. The van der Waals surface area contributed by atoms with Gasteiger partial charge in [-0.25, -0.2) is 4.79 Å². The van der Waals surface area contributed by atoms with Crippen LogP contribution in [0.3, 0.4) is 0 Å². The molecule has 0 radical (unpaired) electrons. The molecule has 0 bridgehead atoms. The second kappa shape index (κ2) is 8.02. The van der Waals surface area contributed by atoms with Crippen LogP contribution in [-0.2, 0) is 6.42 Å². The zero-order chi connectivity index (χ0) is 15.1. The average molecular weight is 325 g/mol. The molecule has 3 N–H and O–H groups in total. The number of hydrogen-bond acceptors (Lipinski definition) is 3. The predicted octanol–water partition coefficient (Wildman–Crippen LogP) is 2.98. The van der Waals surface area contributed by atoms with E-state index in [2.05, 4.69) is 10.6 Å². The number of benzene rings is 1. The lowest BCUT2D eigenvalue weighted by molar-refractivity contribution is 0.217. The molecule has 1 aromatic carbocycles. The summed E-state index contributed by atoms with van der Waals surface area (Å²) in [4.78, 5) is 13.0. The summed E-state index contributed by atoms with van der Waals surface area (Å²) in [5.41, 5.74) is 0.875. The quantitative estimate of drug-likeness (QED) is 0.765. The van der Waals surface area contributed by atoms with Gasteiger partial charge in [0.05, 0.1) is 17.0 Å². The number of rotatable bonds is 6. The minimum atomic E-state index is -0.401. The van der Waals surface area contributed by atoms with Crippen molar-refractivity contribution in [2.75, 3.05) is 13.2 Å². The van der Waals surface area contributed by atoms with Crippen molar-refractivity contribution in [1.29, 1.82) is 0 Å². The number of hydrogen-bond donors (Lipinski definition) is 3. The highest BCUT2D eigenvalue weighted by Gasteiger charge is 2.12. The van der Waals surface area contributed by atoms with E-state index in [0.717, 1.165) is 21.2 Å². The Labute approximate surface area is 132 Å². The lowest BCUT2D eigenvalue weighted by Gasteiger charge is -2.17. The van der Waals surface area contributed by atoms with Crippen LogP contribution in [0.4, 0.5) is 4.79 Å². The minimum Gasteiger partial charge on any atom is -0.394 e. The highest BCUT2D eigenvalue weighted by atomic mass is 35.5. The van der Waals surface area contributed by atoms with Crippen molar-refractivity contribution in [2.24, 2.45) is 0 Å². The van der Waals surface area contributed by atoms with E-state index in [-0.39, 0.29) is 12.6 Å². The SMILES string of the molecule is O=C(NCCc1ccc(Cl)s1)NC(CO)c1ccccc1. The average Bonchev–Trinajstić information content (AvgIpc) is 2.91. The number of amides is 2. The van der Waals surface area contributed by atoms with Gasteiger partial charge in [0.1, 0.15) is 0 Å². The smallest absolute Gasteiger partial charge is 0.315 e. The van der Waals surface area contributed by atoms with Crippen LogP contribution in [0.25, 0.3) is 0 Å². The van der Waals surface area contributed by atoms with Gasteiger partial charge in [-0.2, -0.15) is 0 Å². The maximum Gasteiger partial charge on any atom is 0.315 e. The van der Waals surface area contributed by atoms with Crippen LogP contribution in [0.2, 0.25) is 4.34 Å². The van der Waals surface area contributed by atoms with Crippen molar-refractivity contribution in [3.8, 4) is 0 Å². The molecule has 4 nitrogen and oxygen atoms in total. The molecular weight excluding hydrogens is 308 g/mol. The lowest BCUT2D eigenvalue weighted by atomic mass is 10.1. The van der Waals surface area contributed by atoms with E-state index in [9.17, 15) is 9.90 Å². The van der Waals surface area contributed by atoms with Crippen molar-refractivity contribution in [3.05, 3.63) is 57.2 Å². The fourth-order valence-electron chi connectivity index (χ4n) is 1.91. The predicted molar refractivity (Wildman–Crippen MR) is 85.8 cm³/mol. The number of thiophene rings is 1. The summed E-state index contributed by atoms with van der Waals surface area (Å²) in [5.74, 6) is 0. The Bertz CT molecular complexity index is 574. The van der Waals surface area contributed by atoms with E-state index in [1.807, 2.05) is 42.5 Å². The second-order valence-electron chi connectivity index (χ2n) is 4.50. The van der Waals surface area contributed by atoms with Crippen LogP contribution in [0.1, 0.15) is 16.5 Å². The number of aliphatic hydroxyl groups excluding tert-OH is 1. The molecule has 0 aliphatic heterocycles. The van der Waals surface area contributed by atoms with Crippen molar-refractivity contribution in [3.63, 3.8) is 0 Å². The molecule has 1 aromatic heterocycles. The Morgan fingerprint density at radius 2 is 2.00 bits per heavy atom. The van der Waals surface area contributed by atoms with Crippen molar-refractivity contribution in [1.82, 2.24) is 10.6 Å². The summed E-state index contributed by atoms with van der Waals surface area (Å²) in [6.07, 6.45) is 0.736. The molecule has 0 saturated carbocycles. The molecule has 1 unspecified atom stereocenters. The minimum absolute atomic E-state index is 0.141. The van der Waals surface area contributed by atoms with Gasteiger partial charge in [0.15, 0.2) is 0 Å². The van der Waals surface area contributed by atoms with Gasteiger partial charge in [0.2, 0.25) is 0 Å². The Balaban J connectivity index is 1.78. The van der Waals surface area contributed by atoms with Gasteiger partial charge in [-0.3, -0.25) is 0 Å². The van der Waals surface area contributed by atoms with E-state index in [4.69, 9.17) is 11.6 Å². The topological polar surface area (TPSA) is 61.4 Å². The zero-order valence-corrected chi connectivity index (χ0v) is 13.0. The molecule has 112 valence electrons. The summed E-state index contributed by atoms with van der Waals surface area (Å²) < 4.78 is 0.749. The zero-order valence-electron chi connectivity index (χ0n) is 11.4. The maximum absolute atomic E-state index is 11.8. The first kappa shape index (κ1) is 15.8. The van der Waals surface area contributed by atoms with Gasteiger partial charge in [0, 0.05) is 11.4 Å². The maximum atomic E-state index is 11.8. The van der Waals surface area contributed by atoms with Crippen LogP contribution >= 0.6 is 22.9 Å². The molecular formula is C15H17ClN2O2S. The largest absolute Gasteiger partial charge is 0.394 e. The van der Waals surface area contributed by atoms with Crippen LogP contribution in [-0.4, -0.2) is 24.3 Å². The van der Waals surface area contributed by atoms with E-state index in [0.29, 0.717) is 6.54 Å². The molecule has 6 heteroatoms. The fourth-order valence-corrected chi connectivity index (χ4v) is 3.00. The molecule has 0 aliphatic rings. The molecule has 0 spiro atoms. The third kappa shape index (κ3) is 5.04. The van der Waals surface area contributed by atoms with Crippen molar-refractivity contribution in [2.45, 2.75) is 12.5 Å². The lowest BCUT2D eigenvalue weighted by Crippen LogP contribution is -2.40. The van der Waals surface area contributed by atoms with E-state index >= 15 is 0 Å². The number of halogens is 1. The summed E-state index contributed by atoms with van der Waals surface area (Å²) in [6, 6.07) is 12.5. The Hall–Kier alpha value is -1.56. The first-order valence-electron chi connectivity index (χ1n) is 6.63. The van der Waals surface area contributed by atoms with Gasteiger partial charge in [-0.15, -0.1) is 11.3 Å². The Kier molecular flexibility index (Phi) is 6.04. The third-order valence-corrected chi connectivity index (χ3v) is 4.27. The molecule has 2 rings (SSSR count). The van der Waals surface area contributed by atoms with Crippen LogP contribution in [0.15, 0.2) is 42.5 Å². The van der Waals surface area contributed by atoms with Gasteiger partial charge >= 0.3 is 6.03 Å². The van der Waals surface area contributed by atoms with E-state index in [1.165, 1.54) is 11.3 Å². The number of urea groups is 1. The molecule has 1 heterocycles. The monoisotopic (exact) mass is 324 g/mol. The molecule has 0 fully saturated rings. The van der Waals surface area contributed by atoms with Crippen molar-refractivity contribution >= 4 is 29.0 Å². The highest BCUT2D eigenvalue weighted by molar-refractivity contribution is 7.16.